The van der Waals surface area contributed by atoms with Crippen LogP contribution >= 0.6 is 0 Å². The van der Waals surface area contributed by atoms with Gasteiger partial charge in [-0.15, -0.1) is 0 Å². The maximum Gasteiger partial charge on any atom is 0.116 e. The molecule has 0 N–H and O–H groups in total. The van der Waals surface area contributed by atoms with Crippen LogP contribution in [0.4, 0.5) is 0 Å². The van der Waals surface area contributed by atoms with Crippen molar-refractivity contribution in [2.75, 3.05) is 0 Å². The average molecular weight is 724 g/mol. The molecule has 0 atom stereocenters. The van der Waals surface area contributed by atoms with E-state index in [1.165, 1.54) is 109 Å². The number of benzene rings is 10. The Hall–Kier alpha value is -7.41. The SMILES string of the molecule is CC1(C)n2c3ccc(-c4ccc(C#N)cc4)cc3c3ccc4ccc5c6cc(-c7ccc8ccc9c(-c%10ccccc%10)ccc%10ccc7c8c%109)ccc6n1c5c4c32. The summed E-state index contributed by atoms with van der Waals surface area (Å²) in [5, 5.41) is 24.9. The lowest BCUT2D eigenvalue weighted by atomic mass is 9.87. The molecule has 10 aromatic carbocycles. The molecule has 1 aliphatic heterocycles. The first-order valence-electron chi connectivity index (χ1n) is 19.7. The van der Waals surface area contributed by atoms with E-state index in [9.17, 15) is 5.26 Å². The van der Waals surface area contributed by atoms with Crippen LogP contribution in [0.25, 0.3) is 120 Å². The van der Waals surface area contributed by atoms with Gasteiger partial charge in [-0.25, -0.2) is 0 Å². The maximum absolute atomic E-state index is 9.37. The third-order valence-electron chi connectivity index (χ3n) is 13.1. The lowest BCUT2D eigenvalue weighted by molar-refractivity contribution is 0.328. The summed E-state index contributed by atoms with van der Waals surface area (Å²) < 4.78 is 5.17. The second-order valence-electron chi connectivity index (χ2n) is 16.4. The van der Waals surface area contributed by atoms with Gasteiger partial charge in [-0.1, -0.05) is 127 Å². The van der Waals surface area contributed by atoms with Crippen molar-refractivity contribution in [1.29, 1.82) is 5.26 Å². The summed E-state index contributed by atoms with van der Waals surface area (Å²) in [6, 6.07) is 62.7. The smallest absolute Gasteiger partial charge is 0.116 e. The van der Waals surface area contributed by atoms with Crippen LogP contribution in [0.15, 0.2) is 164 Å². The van der Waals surface area contributed by atoms with Crippen LogP contribution in [-0.2, 0) is 5.66 Å². The molecule has 57 heavy (non-hydrogen) atoms. The van der Waals surface area contributed by atoms with Crippen molar-refractivity contribution in [3.63, 3.8) is 0 Å². The standard InChI is InChI=1S/C54H33N3/c1-54(2)56-47-26-18-37(32-10-8-31(30-55)9-11-32)28-45(47)43-24-16-36-17-25-44-46-29-38(19-27-48(46)57(54)53(44)51(36)52(43)56)40-21-13-35-14-22-41-39(33-6-4-3-5-7-33)20-12-34-15-23-42(40)50(35)49(34)41/h3-29H,1-2H3. The van der Waals surface area contributed by atoms with Crippen molar-refractivity contribution < 1.29 is 0 Å². The molecule has 0 saturated carbocycles. The van der Waals surface area contributed by atoms with Crippen LogP contribution in [0, 0.1) is 11.3 Å². The second kappa shape index (κ2) is 10.7. The van der Waals surface area contributed by atoms with Gasteiger partial charge >= 0.3 is 0 Å². The number of nitrogens with zero attached hydrogens (tertiary/aromatic N) is 3. The molecule has 3 heterocycles. The summed E-state index contributed by atoms with van der Waals surface area (Å²) in [4.78, 5) is 0. The highest BCUT2D eigenvalue weighted by Gasteiger charge is 2.36. The van der Waals surface area contributed by atoms with E-state index in [0.717, 1.165) is 11.1 Å². The summed E-state index contributed by atoms with van der Waals surface area (Å²) in [6.07, 6.45) is 0. The van der Waals surface area contributed by atoms with Crippen molar-refractivity contribution in [2.24, 2.45) is 0 Å². The number of fused-ring (bicyclic) bond motifs is 6. The minimum absolute atomic E-state index is 0.385. The van der Waals surface area contributed by atoms with Crippen LogP contribution in [0.3, 0.4) is 0 Å². The highest BCUT2D eigenvalue weighted by atomic mass is 15.3. The van der Waals surface area contributed by atoms with Crippen LogP contribution in [0.1, 0.15) is 19.4 Å². The fraction of sp³-hybridized carbons (Fsp3) is 0.0556. The third-order valence-corrected chi connectivity index (χ3v) is 13.1. The fourth-order valence-corrected chi connectivity index (χ4v) is 10.7. The third kappa shape index (κ3) is 3.89. The molecule has 3 nitrogen and oxygen atoms in total. The first-order chi connectivity index (χ1) is 28.0. The van der Waals surface area contributed by atoms with Gasteiger partial charge in [0.25, 0.3) is 0 Å². The summed E-state index contributed by atoms with van der Waals surface area (Å²) in [5.74, 6) is 0. The monoisotopic (exact) mass is 723 g/mol. The Kier molecular flexibility index (Phi) is 5.77. The minimum Gasteiger partial charge on any atom is -0.316 e. The highest BCUT2D eigenvalue weighted by Crippen LogP contribution is 2.50. The second-order valence-corrected chi connectivity index (χ2v) is 16.4. The Balaban J connectivity index is 1.05. The fourth-order valence-electron chi connectivity index (χ4n) is 10.7. The molecule has 0 amide bonds. The molecule has 0 aliphatic carbocycles. The first-order valence-corrected chi connectivity index (χ1v) is 19.7. The van der Waals surface area contributed by atoms with Gasteiger partial charge in [0.1, 0.15) is 5.66 Å². The number of hydrogen-bond donors (Lipinski definition) is 0. The van der Waals surface area contributed by atoms with Gasteiger partial charge in [-0.3, -0.25) is 0 Å². The topological polar surface area (TPSA) is 33.6 Å². The zero-order chi connectivity index (χ0) is 37.7. The first kappa shape index (κ1) is 30.9. The Morgan fingerprint density at radius 1 is 0.404 bits per heavy atom. The largest absolute Gasteiger partial charge is 0.316 e. The molecule has 3 heteroatoms. The van der Waals surface area contributed by atoms with Crippen LogP contribution in [0.5, 0.6) is 0 Å². The van der Waals surface area contributed by atoms with E-state index in [0.29, 0.717) is 5.56 Å². The van der Waals surface area contributed by atoms with E-state index in [4.69, 9.17) is 0 Å². The van der Waals surface area contributed by atoms with Crippen LogP contribution in [0.2, 0.25) is 0 Å². The van der Waals surface area contributed by atoms with Crippen molar-refractivity contribution in [3.05, 3.63) is 169 Å². The molecule has 2 aromatic heterocycles. The van der Waals surface area contributed by atoms with Gasteiger partial charge in [0.15, 0.2) is 0 Å². The van der Waals surface area contributed by atoms with Crippen molar-refractivity contribution in [2.45, 2.75) is 19.5 Å². The predicted octanol–water partition coefficient (Wildman–Crippen LogP) is 14.4. The molecule has 0 bridgehead atoms. The van der Waals surface area contributed by atoms with E-state index in [-0.39, 0.29) is 5.66 Å². The van der Waals surface area contributed by atoms with Crippen molar-refractivity contribution >= 4 is 86.7 Å². The molecule has 0 spiro atoms. The Morgan fingerprint density at radius 3 is 1.46 bits per heavy atom. The van der Waals surface area contributed by atoms with Crippen LogP contribution < -0.4 is 0 Å². The van der Waals surface area contributed by atoms with Gasteiger partial charge in [0.2, 0.25) is 0 Å². The molecule has 0 fully saturated rings. The van der Waals surface area contributed by atoms with Gasteiger partial charge in [-0.05, 0) is 121 Å². The number of aromatic nitrogens is 2. The van der Waals surface area contributed by atoms with E-state index >= 15 is 0 Å². The molecule has 264 valence electrons. The van der Waals surface area contributed by atoms with Gasteiger partial charge < -0.3 is 9.13 Å². The Bertz CT molecular complexity index is 3760. The Morgan fingerprint density at radius 2 is 0.877 bits per heavy atom. The summed E-state index contributed by atoms with van der Waals surface area (Å²) in [5.41, 5.74) is 12.7. The van der Waals surface area contributed by atoms with E-state index in [2.05, 4.69) is 181 Å². The molecule has 0 saturated heterocycles. The minimum atomic E-state index is -0.385. The number of hydrogen-bond acceptors (Lipinski definition) is 1. The average Bonchev–Trinajstić information content (AvgIpc) is 3.79. The summed E-state index contributed by atoms with van der Waals surface area (Å²) in [6.45, 7) is 4.74. The normalized spacial score (nSPS) is 13.6. The molecule has 13 rings (SSSR count). The highest BCUT2D eigenvalue weighted by molar-refractivity contribution is 6.30. The quantitative estimate of drug-likeness (QED) is 0.167. The lowest BCUT2D eigenvalue weighted by Gasteiger charge is -2.36. The molecule has 0 unspecified atom stereocenters. The van der Waals surface area contributed by atoms with E-state index < -0.39 is 0 Å². The zero-order valence-corrected chi connectivity index (χ0v) is 31.4. The van der Waals surface area contributed by atoms with E-state index in [1.807, 2.05) is 12.1 Å². The molecular weight excluding hydrogens is 691 g/mol. The van der Waals surface area contributed by atoms with Gasteiger partial charge in [0, 0.05) is 26.9 Å². The Labute approximate surface area is 328 Å². The van der Waals surface area contributed by atoms with Gasteiger partial charge in [0.05, 0.1) is 33.7 Å². The number of nitriles is 1. The van der Waals surface area contributed by atoms with Crippen molar-refractivity contribution in [3.8, 4) is 39.4 Å². The van der Waals surface area contributed by atoms with Gasteiger partial charge in [-0.2, -0.15) is 5.26 Å². The maximum atomic E-state index is 9.37. The summed E-state index contributed by atoms with van der Waals surface area (Å²) >= 11 is 0. The predicted molar refractivity (Wildman–Crippen MR) is 239 cm³/mol. The molecule has 1 aliphatic rings. The van der Waals surface area contributed by atoms with Crippen LogP contribution in [-0.4, -0.2) is 9.13 Å². The molecule has 12 aromatic rings. The number of rotatable bonds is 3. The summed E-state index contributed by atoms with van der Waals surface area (Å²) in [7, 11) is 0. The van der Waals surface area contributed by atoms with E-state index in [1.54, 1.807) is 0 Å². The molecular formula is C54H33N3. The van der Waals surface area contributed by atoms with Crippen molar-refractivity contribution in [1.82, 2.24) is 9.13 Å². The molecule has 0 radical (unpaired) electrons. The zero-order valence-electron chi connectivity index (χ0n) is 31.4. The lowest BCUT2D eigenvalue weighted by Crippen LogP contribution is -2.36.